The molecule has 0 aliphatic carbocycles. The minimum atomic E-state index is -0.384. The van der Waals surface area contributed by atoms with Gasteiger partial charge in [-0.05, 0) is 24.2 Å². The number of carbonyl (C=O) groups excluding carboxylic acids is 1. The Morgan fingerprint density at radius 2 is 2.06 bits per heavy atom. The molecular weight excluding hydrogens is 214 g/mol. The molecule has 3 heteroatoms. The van der Waals surface area contributed by atoms with Gasteiger partial charge >= 0.3 is 0 Å². The maximum atomic E-state index is 12.0. The first kappa shape index (κ1) is 14.5. The lowest BCUT2D eigenvalue weighted by Gasteiger charge is -2.27. The highest BCUT2D eigenvalue weighted by Crippen LogP contribution is 2.30. The normalized spacial score (nSPS) is 24.3. The lowest BCUT2D eigenvalue weighted by Crippen LogP contribution is -2.39. The summed E-state index contributed by atoms with van der Waals surface area (Å²) in [6.45, 7) is 9.84. The fourth-order valence-corrected chi connectivity index (χ4v) is 2.16. The van der Waals surface area contributed by atoms with Gasteiger partial charge in [0.15, 0.2) is 0 Å². The summed E-state index contributed by atoms with van der Waals surface area (Å²) in [5.41, 5.74) is 0.256. The third kappa shape index (κ3) is 4.30. The van der Waals surface area contributed by atoms with E-state index in [0.29, 0.717) is 13.0 Å². The van der Waals surface area contributed by atoms with Crippen molar-refractivity contribution in [1.82, 2.24) is 4.90 Å². The molecule has 2 atom stereocenters. The maximum absolute atomic E-state index is 12.0. The largest absolute Gasteiger partial charge is 0.391 e. The number of nitrogens with zero attached hydrogens (tertiary/aromatic N) is 1. The molecule has 1 N–H and O–H groups in total. The summed E-state index contributed by atoms with van der Waals surface area (Å²) >= 11 is 0. The Morgan fingerprint density at radius 3 is 2.65 bits per heavy atom. The zero-order chi connectivity index (χ0) is 13.1. The number of hydrogen-bond donors (Lipinski definition) is 1. The average molecular weight is 241 g/mol. The topological polar surface area (TPSA) is 40.5 Å². The molecule has 2 unspecified atom stereocenters. The minimum Gasteiger partial charge on any atom is -0.391 e. The number of rotatable bonds is 4. The number of hydrogen-bond acceptors (Lipinski definition) is 2. The Bertz CT molecular complexity index is 263. The van der Waals surface area contributed by atoms with Crippen LogP contribution in [0.4, 0.5) is 0 Å². The third-order valence-electron chi connectivity index (χ3n) is 4.14. The molecule has 100 valence electrons. The number of amides is 1. The van der Waals surface area contributed by atoms with E-state index in [-0.39, 0.29) is 23.3 Å². The molecule has 0 spiro atoms. The second-order valence-electron chi connectivity index (χ2n) is 6.21. The predicted molar refractivity (Wildman–Crippen MR) is 69.7 cm³/mol. The zero-order valence-corrected chi connectivity index (χ0v) is 11.7. The highest BCUT2D eigenvalue weighted by atomic mass is 16.3. The van der Waals surface area contributed by atoms with Gasteiger partial charge in [-0.3, -0.25) is 4.79 Å². The first-order valence-corrected chi connectivity index (χ1v) is 6.81. The Hall–Kier alpha value is -0.570. The molecule has 1 fully saturated rings. The maximum Gasteiger partial charge on any atom is 0.222 e. The van der Waals surface area contributed by atoms with Crippen LogP contribution in [0.3, 0.4) is 0 Å². The van der Waals surface area contributed by atoms with Crippen molar-refractivity contribution >= 4 is 5.91 Å². The summed E-state index contributed by atoms with van der Waals surface area (Å²) in [6.07, 6.45) is 3.19. The van der Waals surface area contributed by atoms with Gasteiger partial charge in [0, 0.05) is 19.5 Å². The van der Waals surface area contributed by atoms with Crippen LogP contribution in [-0.2, 0) is 4.79 Å². The van der Waals surface area contributed by atoms with Crippen molar-refractivity contribution in [2.45, 2.75) is 59.5 Å². The van der Waals surface area contributed by atoms with Crippen molar-refractivity contribution in [3.05, 3.63) is 0 Å². The fourth-order valence-electron chi connectivity index (χ4n) is 2.16. The Morgan fingerprint density at radius 1 is 1.41 bits per heavy atom. The van der Waals surface area contributed by atoms with Crippen LogP contribution in [-0.4, -0.2) is 35.1 Å². The number of aliphatic hydroxyl groups is 1. The molecule has 0 bridgehead atoms. The summed E-state index contributed by atoms with van der Waals surface area (Å²) in [5.74, 6) is 0.469. The number of likely N-dealkylation sites (tertiary alicyclic amines) is 1. The van der Waals surface area contributed by atoms with E-state index in [1.165, 1.54) is 0 Å². The Balaban J connectivity index is 2.55. The molecule has 3 nitrogen and oxygen atoms in total. The van der Waals surface area contributed by atoms with Gasteiger partial charge < -0.3 is 10.0 Å². The van der Waals surface area contributed by atoms with Gasteiger partial charge in [0.05, 0.1) is 6.10 Å². The van der Waals surface area contributed by atoms with E-state index >= 15 is 0 Å². The molecule has 0 aromatic carbocycles. The predicted octanol–water partition coefficient (Wildman–Crippen LogP) is 2.43. The van der Waals surface area contributed by atoms with Gasteiger partial charge in [0.25, 0.3) is 0 Å². The van der Waals surface area contributed by atoms with E-state index in [9.17, 15) is 9.90 Å². The number of carbonyl (C=O) groups is 1. The third-order valence-corrected chi connectivity index (χ3v) is 4.14. The van der Waals surface area contributed by atoms with E-state index in [1.54, 1.807) is 0 Å². The molecule has 0 radical (unpaired) electrons. The molecular formula is C14H27NO2. The van der Waals surface area contributed by atoms with Crippen LogP contribution in [0.2, 0.25) is 0 Å². The molecule has 17 heavy (non-hydrogen) atoms. The van der Waals surface area contributed by atoms with Gasteiger partial charge in [0.2, 0.25) is 5.91 Å². The average Bonchev–Trinajstić information content (AvgIpc) is 2.41. The van der Waals surface area contributed by atoms with Crippen LogP contribution >= 0.6 is 0 Å². The molecule has 1 saturated heterocycles. The highest BCUT2D eigenvalue weighted by molar-refractivity contribution is 5.76. The van der Waals surface area contributed by atoms with Crippen LogP contribution < -0.4 is 0 Å². The van der Waals surface area contributed by atoms with E-state index < -0.39 is 0 Å². The smallest absolute Gasteiger partial charge is 0.222 e. The second-order valence-corrected chi connectivity index (χ2v) is 6.21. The molecule has 1 aliphatic heterocycles. The van der Waals surface area contributed by atoms with Crippen molar-refractivity contribution < 1.29 is 9.90 Å². The van der Waals surface area contributed by atoms with Crippen LogP contribution in [0.1, 0.15) is 53.4 Å². The van der Waals surface area contributed by atoms with Crippen molar-refractivity contribution in [2.24, 2.45) is 11.3 Å². The molecule has 1 amide bonds. The summed E-state index contributed by atoms with van der Waals surface area (Å²) in [6, 6.07) is 0. The van der Waals surface area contributed by atoms with Crippen LogP contribution in [0.5, 0.6) is 0 Å². The fraction of sp³-hybridized carbons (Fsp3) is 0.929. The number of β-amino-alcohol motifs (C(OH)–C–C–N with tert-alkyl or cyclic N) is 1. The molecule has 0 aromatic heterocycles. The SMILES string of the molecule is CCC(C)C(O)CN1CCC(C)(C)CCC1=O. The Kier molecular flexibility index (Phi) is 4.99. The lowest BCUT2D eigenvalue weighted by molar-refractivity contribution is -0.132. The molecule has 0 aromatic rings. The second kappa shape index (κ2) is 5.85. The van der Waals surface area contributed by atoms with Gasteiger partial charge in [0.1, 0.15) is 0 Å². The van der Waals surface area contributed by atoms with Gasteiger partial charge in [-0.15, -0.1) is 0 Å². The first-order valence-electron chi connectivity index (χ1n) is 6.81. The van der Waals surface area contributed by atoms with Crippen LogP contribution in [0.25, 0.3) is 0 Å². The minimum absolute atomic E-state index is 0.206. The van der Waals surface area contributed by atoms with E-state index in [2.05, 4.69) is 20.8 Å². The summed E-state index contributed by atoms with van der Waals surface area (Å²) in [7, 11) is 0. The number of aliphatic hydroxyl groups excluding tert-OH is 1. The Labute approximate surface area is 105 Å². The van der Waals surface area contributed by atoms with Gasteiger partial charge in [-0.2, -0.15) is 0 Å². The van der Waals surface area contributed by atoms with E-state index in [0.717, 1.165) is 25.8 Å². The van der Waals surface area contributed by atoms with Crippen molar-refractivity contribution in [1.29, 1.82) is 0 Å². The van der Waals surface area contributed by atoms with Crippen LogP contribution in [0, 0.1) is 11.3 Å². The first-order chi connectivity index (χ1) is 7.85. The molecule has 1 rings (SSSR count). The summed E-state index contributed by atoms with van der Waals surface area (Å²) in [4.78, 5) is 13.8. The van der Waals surface area contributed by atoms with Crippen molar-refractivity contribution in [3.8, 4) is 0 Å². The standard InChI is InChI=1S/C14H27NO2/c1-5-11(2)12(16)10-15-9-8-14(3,4)7-6-13(15)17/h11-12,16H,5-10H2,1-4H3. The van der Waals surface area contributed by atoms with Gasteiger partial charge in [-0.25, -0.2) is 0 Å². The van der Waals surface area contributed by atoms with Crippen LogP contribution in [0.15, 0.2) is 0 Å². The zero-order valence-electron chi connectivity index (χ0n) is 11.7. The monoisotopic (exact) mass is 241 g/mol. The quantitative estimate of drug-likeness (QED) is 0.821. The summed E-state index contributed by atoms with van der Waals surface area (Å²) in [5, 5.41) is 10.0. The molecule has 1 aliphatic rings. The van der Waals surface area contributed by atoms with Crippen molar-refractivity contribution in [3.63, 3.8) is 0 Å². The van der Waals surface area contributed by atoms with E-state index in [1.807, 2.05) is 11.8 Å². The highest BCUT2D eigenvalue weighted by Gasteiger charge is 2.28. The van der Waals surface area contributed by atoms with Crippen molar-refractivity contribution in [2.75, 3.05) is 13.1 Å². The molecule has 0 saturated carbocycles. The molecule has 1 heterocycles. The lowest BCUT2D eigenvalue weighted by atomic mass is 9.85. The van der Waals surface area contributed by atoms with Gasteiger partial charge in [-0.1, -0.05) is 34.1 Å². The van der Waals surface area contributed by atoms with E-state index in [4.69, 9.17) is 0 Å². The summed E-state index contributed by atoms with van der Waals surface area (Å²) < 4.78 is 0.